The maximum atomic E-state index is 12.1. The molecule has 0 amide bonds. The molecule has 4 heteroatoms. The van der Waals surface area contributed by atoms with Crippen molar-refractivity contribution in [1.29, 1.82) is 0 Å². The maximum absolute atomic E-state index is 12.1. The highest BCUT2D eigenvalue weighted by molar-refractivity contribution is 6.52. The Morgan fingerprint density at radius 3 is 2.78 bits per heavy atom. The Hall–Kier alpha value is -2.10. The summed E-state index contributed by atoms with van der Waals surface area (Å²) < 4.78 is 10.8. The topological polar surface area (TPSA) is 52.6 Å². The summed E-state index contributed by atoms with van der Waals surface area (Å²) in [5.41, 5.74) is 1.48. The number of hydrogen-bond donors (Lipinski definition) is 0. The number of rotatable bonds is 1. The molecule has 92 valence electrons. The number of methoxy groups -OCH3 is 1. The third-order valence-corrected chi connectivity index (χ3v) is 3.28. The molecule has 0 fully saturated rings. The Morgan fingerprint density at radius 1 is 1.28 bits per heavy atom. The molecule has 1 aromatic rings. The molecule has 1 aromatic carbocycles. The Morgan fingerprint density at radius 2 is 2.06 bits per heavy atom. The van der Waals surface area contributed by atoms with E-state index in [0.29, 0.717) is 34.6 Å². The lowest BCUT2D eigenvalue weighted by Gasteiger charge is -2.18. The molecular weight excluding hydrogens is 232 g/mol. The minimum absolute atomic E-state index is 0.0658. The average Bonchev–Trinajstić information content (AvgIpc) is 2.77. The van der Waals surface area contributed by atoms with Gasteiger partial charge in [0.1, 0.15) is 17.6 Å². The van der Waals surface area contributed by atoms with Crippen molar-refractivity contribution in [3.05, 3.63) is 34.9 Å². The van der Waals surface area contributed by atoms with Crippen molar-refractivity contribution in [2.75, 3.05) is 7.11 Å². The second kappa shape index (κ2) is 3.70. The van der Waals surface area contributed by atoms with E-state index < -0.39 is 11.6 Å². The van der Waals surface area contributed by atoms with Crippen LogP contribution < -0.4 is 4.74 Å². The molecule has 0 bridgehead atoms. The van der Waals surface area contributed by atoms with Crippen molar-refractivity contribution in [3.63, 3.8) is 0 Å². The fourth-order valence-corrected chi connectivity index (χ4v) is 2.49. The predicted molar refractivity (Wildman–Crippen MR) is 64.4 cm³/mol. The van der Waals surface area contributed by atoms with Crippen molar-refractivity contribution < 1.29 is 19.1 Å². The van der Waals surface area contributed by atoms with Crippen molar-refractivity contribution in [2.45, 2.75) is 19.4 Å². The smallest absolute Gasteiger partial charge is 0.237 e. The van der Waals surface area contributed by atoms with Crippen LogP contribution in [0.4, 0.5) is 0 Å². The van der Waals surface area contributed by atoms with Crippen LogP contribution >= 0.6 is 0 Å². The van der Waals surface area contributed by atoms with Gasteiger partial charge in [0, 0.05) is 17.6 Å². The first-order valence-corrected chi connectivity index (χ1v) is 5.79. The van der Waals surface area contributed by atoms with Gasteiger partial charge in [-0.25, -0.2) is 0 Å². The quantitative estimate of drug-likeness (QED) is 0.709. The molecule has 1 heterocycles. The van der Waals surface area contributed by atoms with Crippen LogP contribution in [0.2, 0.25) is 0 Å². The highest BCUT2D eigenvalue weighted by atomic mass is 16.5. The van der Waals surface area contributed by atoms with Crippen molar-refractivity contribution in [3.8, 4) is 5.75 Å². The van der Waals surface area contributed by atoms with Crippen molar-refractivity contribution >= 4 is 17.3 Å². The number of hydrogen-bond acceptors (Lipinski definition) is 4. The number of ether oxygens (including phenoxy) is 2. The van der Waals surface area contributed by atoms with Crippen LogP contribution in [0.15, 0.2) is 23.8 Å². The van der Waals surface area contributed by atoms with E-state index in [1.165, 1.54) is 7.11 Å². The van der Waals surface area contributed by atoms with E-state index in [2.05, 4.69) is 0 Å². The van der Waals surface area contributed by atoms with Crippen LogP contribution in [0.3, 0.4) is 0 Å². The Labute approximate surface area is 104 Å². The van der Waals surface area contributed by atoms with Crippen LogP contribution in [-0.4, -0.2) is 24.8 Å². The fourth-order valence-electron chi connectivity index (χ4n) is 2.49. The number of Topliss-reactive ketones (excluding diaryl/α,β-unsaturated/α-hetero) is 2. The summed E-state index contributed by atoms with van der Waals surface area (Å²) in [5.74, 6) is -0.00759. The third-order valence-electron chi connectivity index (χ3n) is 3.28. The number of ketones is 2. The largest absolute Gasteiger partial charge is 0.496 e. The van der Waals surface area contributed by atoms with Crippen LogP contribution in [0.1, 0.15) is 29.3 Å². The normalized spacial score (nSPS) is 21.6. The summed E-state index contributed by atoms with van der Waals surface area (Å²) in [6.07, 6.45) is 0.431. The molecule has 1 aliphatic carbocycles. The lowest BCUT2D eigenvalue weighted by Crippen LogP contribution is -2.23. The van der Waals surface area contributed by atoms with E-state index in [9.17, 15) is 9.59 Å². The van der Waals surface area contributed by atoms with E-state index in [0.717, 1.165) is 0 Å². The van der Waals surface area contributed by atoms with Crippen LogP contribution in [0.25, 0.3) is 5.76 Å². The van der Waals surface area contributed by atoms with Gasteiger partial charge in [0.2, 0.25) is 11.6 Å². The van der Waals surface area contributed by atoms with E-state index in [4.69, 9.17) is 9.47 Å². The SMILES string of the molecule is COc1cccc2c1C(=O)C(=O)C1=C2OC(C)C1. The van der Waals surface area contributed by atoms with E-state index >= 15 is 0 Å². The lowest BCUT2D eigenvalue weighted by atomic mass is 9.87. The molecule has 1 unspecified atom stereocenters. The second-order valence-corrected chi connectivity index (χ2v) is 4.48. The van der Waals surface area contributed by atoms with Crippen molar-refractivity contribution in [2.24, 2.45) is 0 Å². The zero-order valence-corrected chi connectivity index (χ0v) is 10.1. The Kier molecular flexibility index (Phi) is 2.26. The molecule has 0 saturated carbocycles. The molecule has 3 rings (SSSR count). The monoisotopic (exact) mass is 244 g/mol. The van der Waals surface area contributed by atoms with Crippen LogP contribution in [0.5, 0.6) is 5.75 Å². The highest BCUT2D eigenvalue weighted by Crippen LogP contribution is 2.41. The summed E-state index contributed by atoms with van der Waals surface area (Å²) >= 11 is 0. The molecule has 0 N–H and O–H groups in total. The summed E-state index contributed by atoms with van der Waals surface area (Å²) in [5, 5.41) is 0. The molecule has 1 atom stereocenters. The minimum Gasteiger partial charge on any atom is -0.496 e. The molecule has 1 aliphatic heterocycles. The number of benzene rings is 1. The highest BCUT2D eigenvalue weighted by Gasteiger charge is 2.40. The van der Waals surface area contributed by atoms with Gasteiger partial charge in [-0.15, -0.1) is 0 Å². The van der Waals surface area contributed by atoms with E-state index in [1.807, 2.05) is 6.92 Å². The van der Waals surface area contributed by atoms with Gasteiger partial charge in [-0.05, 0) is 13.0 Å². The Balaban J connectivity index is 2.27. The Bertz CT molecular complexity index is 598. The first-order chi connectivity index (χ1) is 8.63. The van der Waals surface area contributed by atoms with Crippen LogP contribution in [-0.2, 0) is 9.53 Å². The zero-order chi connectivity index (χ0) is 12.9. The van der Waals surface area contributed by atoms with E-state index in [1.54, 1.807) is 18.2 Å². The first-order valence-electron chi connectivity index (χ1n) is 5.79. The molecule has 0 saturated heterocycles. The molecule has 0 spiro atoms. The number of carbonyl (C=O) groups excluding carboxylic acids is 2. The number of carbonyl (C=O) groups is 2. The molecule has 0 radical (unpaired) electrons. The van der Waals surface area contributed by atoms with Gasteiger partial charge >= 0.3 is 0 Å². The number of fused-ring (bicyclic) bond motifs is 2. The lowest BCUT2D eigenvalue weighted by molar-refractivity contribution is -0.112. The van der Waals surface area contributed by atoms with Gasteiger partial charge in [0.25, 0.3) is 0 Å². The summed E-state index contributed by atoms with van der Waals surface area (Å²) in [7, 11) is 1.48. The van der Waals surface area contributed by atoms with Crippen LogP contribution in [0, 0.1) is 0 Å². The summed E-state index contributed by atoms with van der Waals surface area (Å²) in [6, 6.07) is 5.25. The fraction of sp³-hybridized carbons (Fsp3) is 0.286. The molecule has 4 nitrogen and oxygen atoms in total. The third kappa shape index (κ3) is 1.32. The standard InChI is InChI=1S/C14H12O4/c1-7-6-9-12(15)13(16)11-8(14(9)18-7)4-3-5-10(11)17-2/h3-5,7H,6H2,1-2H3. The molecule has 2 aliphatic rings. The molecular formula is C14H12O4. The van der Waals surface area contributed by atoms with Gasteiger partial charge in [0.15, 0.2) is 0 Å². The summed E-state index contributed by atoms with van der Waals surface area (Å²) in [6.45, 7) is 1.88. The van der Waals surface area contributed by atoms with Gasteiger partial charge in [-0.3, -0.25) is 9.59 Å². The molecule has 18 heavy (non-hydrogen) atoms. The van der Waals surface area contributed by atoms with Gasteiger partial charge in [-0.1, -0.05) is 12.1 Å². The first kappa shape index (κ1) is 11.0. The average molecular weight is 244 g/mol. The van der Waals surface area contributed by atoms with Gasteiger partial charge in [-0.2, -0.15) is 0 Å². The van der Waals surface area contributed by atoms with Gasteiger partial charge in [0.05, 0.1) is 12.7 Å². The zero-order valence-electron chi connectivity index (χ0n) is 10.1. The second-order valence-electron chi connectivity index (χ2n) is 4.48. The van der Waals surface area contributed by atoms with Gasteiger partial charge < -0.3 is 9.47 Å². The van der Waals surface area contributed by atoms with E-state index in [-0.39, 0.29) is 6.10 Å². The van der Waals surface area contributed by atoms with Crippen molar-refractivity contribution in [1.82, 2.24) is 0 Å². The maximum Gasteiger partial charge on any atom is 0.237 e. The summed E-state index contributed by atoms with van der Waals surface area (Å²) in [4.78, 5) is 24.2. The molecule has 0 aromatic heterocycles. The predicted octanol–water partition coefficient (Wildman–Crippen LogP) is 1.98. The minimum atomic E-state index is -0.501.